The lowest BCUT2D eigenvalue weighted by atomic mass is 10.0. The minimum atomic E-state index is -0.783. The molecule has 0 aromatic heterocycles. The molecule has 0 aliphatic heterocycles. The zero-order valence-corrected chi connectivity index (χ0v) is 16.4. The molecular weight excluding hydrogens is 397 g/mol. The van der Waals surface area contributed by atoms with E-state index < -0.39 is 17.9 Å². The van der Waals surface area contributed by atoms with Crippen LogP contribution in [0.4, 0.5) is 11.4 Å². The van der Waals surface area contributed by atoms with Gasteiger partial charge in [0.05, 0.1) is 26.3 Å². The van der Waals surface area contributed by atoms with Crippen LogP contribution in [0, 0.1) is 5.92 Å². The van der Waals surface area contributed by atoms with Gasteiger partial charge in [-0.3, -0.25) is 9.59 Å². The second-order valence-corrected chi connectivity index (χ2v) is 7.24. The fourth-order valence-corrected chi connectivity index (χ4v) is 2.98. The molecule has 0 fully saturated rings. The van der Waals surface area contributed by atoms with Gasteiger partial charge in [-0.1, -0.05) is 60.8 Å². The van der Waals surface area contributed by atoms with Crippen LogP contribution in [0.3, 0.4) is 0 Å². The molecule has 2 aromatic rings. The van der Waals surface area contributed by atoms with Crippen molar-refractivity contribution in [3.63, 3.8) is 0 Å². The van der Waals surface area contributed by atoms with Crippen molar-refractivity contribution in [2.24, 2.45) is 5.92 Å². The average Bonchev–Trinajstić information content (AvgIpc) is 2.57. The summed E-state index contributed by atoms with van der Waals surface area (Å²) in [5.74, 6) is -1.00. The summed E-state index contributed by atoms with van der Waals surface area (Å²) in [6.45, 7) is 3.64. The molecule has 8 heteroatoms. The number of rotatable bonds is 5. The van der Waals surface area contributed by atoms with Crippen LogP contribution in [-0.4, -0.2) is 17.9 Å². The van der Waals surface area contributed by atoms with Gasteiger partial charge in [0.15, 0.2) is 0 Å². The Morgan fingerprint density at radius 3 is 2.12 bits per heavy atom. The lowest BCUT2D eigenvalue weighted by Crippen LogP contribution is -2.47. The van der Waals surface area contributed by atoms with E-state index in [-0.39, 0.29) is 21.7 Å². The Bertz CT molecular complexity index is 817. The first kappa shape index (κ1) is 20.4. The molecule has 0 saturated heterocycles. The summed E-state index contributed by atoms with van der Waals surface area (Å²) in [6.07, 6.45) is 0. The van der Waals surface area contributed by atoms with E-state index in [4.69, 9.17) is 40.5 Å². The highest BCUT2D eigenvalue weighted by atomic mass is 35.5. The molecule has 26 heavy (non-hydrogen) atoms. The number of hydrogen-bond donors (Lipinski definition) is 3. The largest absolute Gasteiger partial charge is 0.396 e. The van der Waals surface area contributed by atoms with Crippen molar-refractivity contribution in [1.82, 2.24) is 5.32 Å². The van der Waals surface area contributed by atoms with Crippen LogP contribution in [0.15, 0.2) is 36.4 Å². The molecule has 0 saturated carbocycles. The predicted molar refractivity (Wildman–Crippen MR) is 107 cm³/mol. The van der Waals surface area contributed by atoms with E-state index in [1.165, 1.54) is 12.1 Å². The number of carbonyl (C=O) groups is 2. The van der Waals surface area contributed by atoms with Crippen molar-refractivity contribution in [2.75, 3.05) is 11.1 Å². The second kappa shape index (κ2) is 8.62. The topological polar surface area (TPSA) is 84.2 Å². The van der Waals surface area contributed by atoms with Gasteiger partial charge in [-0.2, -0.15) is 0 Å². The van der Waals surface area contributed by atoms with Crippen molar-refractivity contribution < 1.29 is 9.59 Å². The Balaban J connectivity index is 2.18. The van der Waals surface area contributed by atoms with Crippen molar-refractivity contribution in [3.05, 3.63) is 57.0 Å². The first-order valence-corrected chi connectivity index (χ1v) is 8.95. The molecule has 4 N–H and O–H groups in total. The van der Waals surface area contributed by atoms with Gasteiger partial charge in [-0.25, -0.2) is 0 Å². The van der Waals surface area contributed by atoms with Crippen LogP contribution in [0.5, 0.6) is 0 Å². The summed E-state index contributed by atoms with van der Waals surface area (Å²) < 4.78 is 0. The third-order valence-electron chi connectivity index (χ3n) is 3.70. The number of amides is 2. The Morgan fingerprint density at radius 2 is 1.58 bits per heavy atom. The van der Waals surface area contributed by atoms with Crippen molar-refractivity contribution >= 4 is 58.0 Å². The van der Waals surface area contributed by atoms with E-state index in [0.717, 1.165) is 0 Å². The van der Waals surface area contributed by atoms with Crippen LogP contribution >= 0.6 is 34.8 Å². The second-order valence-electron chi connectivity index (χ2n) is 6.02. The fourth-order valence-electron chi connectivity index (χ4n) is 2.28. The zero-order valence-electron chi connectivity index (χ0n) is 14.1. The summed E-state index contributed by atoms with van der Waals surface area (Å²) in [6, 6.07) is 8.83. The monoisotopic (exact) mass is 413 g/mol. The van der Waals surface area contributed by atoms with E-state index in [2.05, 4.69) is 10.6 Å². The number of nitrogen functional groups attached to an aromatic ring is 1. The maximum Gasteiger partial charge on any atom is 0.253 e. The maximum absolute atomic E-state index is 12.6. The third kappa shape index (κ3) is 4.81. The predicted octanol–water partition coefficient (Wildman–Crippen LogP) is 4.62. The van der Waals surface area contributed by atoms with E-state index in [1.807, 2.05) is 13.8 Å². The van der Waals surface area contributed by atoms with E-state index in [1.54, 1.807) is 24.3 Å². The molecule has 0 aliphatic carbocycles. The van der Waals surface area contributed by atoms with Gasteiger partial charge >= 0.3 is 0 Å². The van der Waals surface area contributed by atoms with E-state index in [0.29, 0.717) is 16.3 Å². The van der Waals surface area contributed by atoms with Crippen molar-refractivity contribution in [2.45, 2.75) is 19.9 Å². The molecule has 2 amide bonds. The lowest BCUT2D eigenvalue weighted by Gasteiger charge is -2.22. The first-order valence-electron chi connectivity index (χ1n) is 7.81. The normalized spacial score (nSPS) is 11.9. The minimum absolute atomic E-state index is 0.166. The van der Waals surface area contributed by atoms with Crippen LogP contribution in [0.25, 0.3) is 0 Å². The number of anilines is 2. The Morgan fingerprint density at radius 1 is 1.00 bits per heavy atom. The Hall–Kier alpha value is -1.95. The number of carbonyl (C=O) groups excluding carboxylic acids is 2. The van der Waals surface area contributed by atoms with Gasteiger partial charge in [0.25, 0.3) is 5.91 Å². The molecule has 1 atom stereocenters. The molecule has 2 rings (SSSR count). The smallest absolute Gasteiger partial charge is 0.253 e. The molecular formula is C18H18Cl3N3O2. The number of nitrogens with one attached hydrogen (secondary N) is 2. The summed E-state index contributed by atoms with van der Waals surface area (Å²) >= 11 is 18.0. The standard InChI is InChI=1S/C18H18Cl3N3O2/c1-9(2)16(24-17(25)11-5-3-4-6-12(11)19)18(26)23-10-7-13(20)15(22)14(21)8-10/h3-9,16H,22H2,1-2H3,(H,23,26)(H,24,25)/t16-/m0/s1. The zero-order chi connectivity index (χ0) is 19.4. The van der Waals surface area contributed by atoms with E-state index >= 15 is 0 Å². The molecule has 5 nitrogen and oxygen atoms in total. The highest BCUT2D eigenvalue weighted by Crippen LogP contribution is 2.31. The number of benzene rings is 2. The first-order chi connectivity index (χ1) is 12.2. The average molecular weight is 415 g/mol. The van der Waals surface area contributed by atoms with E-state index in [9.17, 15) is 9.59 Å². The molecule has 2 aromatic carbocycles. The fraction of sp³-hybridized carbons (Fsp3) is 0.222. The van der Waals surface area contributed by atoms with Crippen LogP contribution in [0.1, 0.15) is 24.2 Å². The summed E-state index contributed by atoms with van der Waals surface area (Å²) in [5.41, 5.74) is 6.61. The van der Waals surface area contributed by atoms with Crippen LogP contribution in [-0.2, 0) is 4.79 Å². The summed E-state index contributed by atoms with van der Waals surface area (Å²) in [7, 11) is 0. The molecule has 0 heterocycles. The summed E-state index contributed by atoms with van der Waals surface area (Å²) in [4.78, 5) is 25.1. The highest BCUT2D eigenvalue weighted by molar-refractivity contribution is 6.39. The number of nitrogens with two attached hydrogens (primary N) is 1. The molecule has 0 bridgehead atoms. The van der Waals surface area contributed by atoms with Gasteiger partial charge in [0.1, 0.15) is 6.04 Å². The molecule has 0 spiro atoms. The SMILES string of the molecule is CC(C)[C@H](NC(=O)c1ccccc1Cl)C(=O)Nc1cc(Cl)c(N)c(Cl)c1. The van der Waals surface area contributed by atoms with Gasteiger partial charge in [-0.15, -0.1) is 0 Å². The number of halogens is 3. The van der Waals surface area contributed by atoms with Crippen molar-refractivity contribution in [1.29, 1.82) is 0 Å². The molecule has 0 radical (unpaired) electrons. The van der Waals surface area contributed by atoms with Crippen LogP contribution in [0.2, 0.25) is 15.1 Å². The highest BCUT2D eigenvalue weighted by Gasteiger charge is 2.25. The van der Waals surface area contributed by atoms with Gasteiger partial charge in [0, 0.05) is 5.69 Å². The lowest BCUT2D eigenvalue weighted by molar-refractivity contribution is -0.118. The van der Waals surface area contributed by atoms with Gasteiger partial charge < -0.3 is 16.4 Å². The van der Waals surface area contributed by atoms with Crippen molar-refractivity contribution in [3.8, 4) is 0 Å². The maximum atomic E-state index is 12.6. The summed E-state index contributed by atoms with van der Waals surface area (Å²) in [5, 5.41) is 6.17. The quantitative estimate of drug-likeness (QED) is 0.624. The molecule has 0 unspecified atom stereocenters. The van der Waals surface area contributed by atoms with Gasteiger partial charge in [-0.05, 0) is 30.2 Å². The minimum Gasteiger partial charge on any atom is -0.396 e. The Labute approximate surface area is 166 Å². The molecule has 0 aliphatic rings. The third-order valence-corrected chi connectivity index (χ3v) is 4.66. The number of hydrogen-bond acceptors (Lipinski definition) is 3. The van der Waals surface area contributed by atoms with Gasteiger partial charge in [0.2, 0.25) is 5.91 Å². The van der Waals surface area contributed by atoms with Crippen LogP contribution < -0.4 is 16.4 Å². The molecule has 138 valence electrons. The Kier molecular flexibility index (Phi) is 6.75.